The van der Waals surface area contributed by atoms with E-state index in [9.17, 15) is 8.42 Å². The molecule has 0 radical (unpaired) electrons. The first-order chi connectivity index (χ1) is 10.5. The van der Waals surface area contributed by atoms with E-state index in [1.165, 1.54) is 17.4 Å². The molecule has 3 aromatic rings. The van der Waals surface area contributed by atoms with Crippen molar-refractivity contribution in [1.82, 2.24) is 9.38 Å². The minimum atomic E-state index is -3.58. The fraction of sp³-hybridized carbons (Fsp3) is 0.0667. The van der Waals surface area contributed by atoms with Crippen molar-refractivity contribution < 1.29 is 8.42 Å². The highest BCUT2D eigenvalue weighted by Gasteiger charge is 2.17. The Morgan fingerprint density at radius 2 is 2.09 bits per heavy atom. The van der Waals surface area contributed by atoms with Gasteiger partial charge in [0.1, 0.15) is 11.0 Å². The molecule has 5 nitrogen and oxygen atoms in total. The quantitative estimate of drug-likeness (QED) is 0.692. The van der Waals surface area contributed by atoms with E-state index in [-0.39, 0.29) is 4.91 Å². The second-order valence-corrected chi connectivity index (χ2v) is 7.52. The van der Waals surface area contributed by atoms with Crippen LogP contribution in [0.15, 0.2) is 46.8 Å². The molecule has 0 bridgehead atoms. The molecule has 0 amide bonds. The summed E-state index contributed by atoms with van der Waals surface area (Å²) in [5.74, 6) is 0. The predicted octanol–water partition coefficient (Wildman–Crippen LogP) is 2.97. The number of hydrogen-bond acceptors (Lipinski definition) is 5. The molecule has 0 N–H and O–H groups in total. The van der Waals surface area contributed by atoms with E-state index in [2.05, 4.69) is 4.98 Å². The van der Waals surface area contributed by atoms with Crippen LogP contribution in [0.5, 0.6) is 0 Å². The number of benzene rings is 1. The van der Waals surface area contributed by atoms with Crippen LogP contribution in [-0.4, -0.2) is 24.1 Å². The largest absolute Gasteiger partial charge is 0.290 e. The Balaban J connectivity index is 2.31. The summed E-state index contributed by atoms with van der Waals surface area (Å²) >= 11 is 1.45. The van der Waals surface area contributed by atoms with Gasteiger partial charge in [0.25, 0.3) is 0 Å². The molecule has 2 aromatic heterocycles. The van der Waals surface area contributed by atoms with E-state index in [0.29, 0.717) is 11.4 Å². The van der Waals surface area contributed by atoms with Crippen LogP contribution in [-0.2, 0) is 9.84 Å². The minimum Gasteiger partial charge on any atom is -0.290 e. The average Bonchev–Trinajstić information content (AvgIpc) is 3.05. The number of thiazole rings is 1. The Bertz CT molecular complexity index is 1010. The number of allylic oxidation sites excluding steroid dienone is 1. The zero-order valence-corrected chi connectivity index (χ0v) is 13.2. The van der Waals surface area contributed by atoms with Crippen molar-refractivity contribution in [2.75, 3.05) is 6.26 Å². The number of aromatic nitrogens is 2. The van der Waals surface area contributed by atoms with E-state index in [4.69, 9.17) is 5.26 Å². The topological polar surface area (TPSA) is 75.2 Å². The Hall–Kier alpha value is -2.43. The summed E-state index contributed by atoms with van der Waals surface area (Å²) in [5, 5.41) is 11.0. The summed E-state index contributed by atoms with van der Waals surface area (Å²) < 4.78 is 25.2. The summed E-state index contributed by atoms with van der Waals surface area (Å²) in [6.45, 7) is 0. The average molecular weight is 329 g/mol. The molecule has 0 fully saturated rings. The SMILES string of the molecule is CS(=O)(=O)/C(C#N)=C/c1c(-c2ccccc2)nc2sccn12. The van der Waals surface area contributed by atoms with Gasteiger partial charge < -0.3 is 0 Å². The van der Waals surface area contributed by atoms with Crippen LogP contribution < -0.4 is 0 Å². The zero-order valence-electron chi connectivity index (χ0n) is 11.6. The zero-order chi connectivity index (χ0) is 15.7. The fourth-order valence-corrected chi connectivity index (χ4v) is 3.31. The van der Waals surface area contributed by atoms with E-state index in [1.807, 2.05) is 41.9 Å². The first kappa shape index (κ1) is 14.5. The molecule has 0 spiro atoms. The van der Waals surface area contributed by atoms with Gasteiger partial charge in [0.2, 0.25) is 0 Å². The summed E-state index contributed by atoms with van der Waals surface area (Å²) in [4.78, 5) is 5.01. The lowest BCUT2D eigenvalue weighted by atomic mass is 10.1. The number of fused-ring (bicyclic) bond motifs is 1. The monoisotopic (exact) mass is 329 g/mol. The molecule has 22 heavy (non-hydrogen) atoms. The van der Waals surface area contributed by atoms with Crippen molar-refractivity contribution >= 4 is 32.2 Å². The highest BCUT2D eigenvalue weighted by atomic mass is 32.2. The Morgan fingerprint density at radius 3 is 2.73 bits per heavy atom. The van der Waals surface area contributed by atoms with Crippen molar-refractivity contribution in [2.45, 2.75) is 0 Å². The summed E-state index contributed by atoms with van der Waals surface area (Å²) in [6, 6.07) is 11.2. The molecule has 0 aliphatic carbocycles. The molecule has 0 unspecified atom stereocenters. The fourth-order valence-electron chi connectivity index (χ4n) is 2.10. The Labute approximate surface area is 131 Å². The van der Waals surface area contributed by atoms with Crippen LogP contribution in [0.1, 0.15) is 5.69 Å². The first-order valence-corrected chi connectivity index (χ1v) is 9.10. The molecule has 1 aromatic carbocycles. The molecule has 110 valence electrons. The van der Waals surface area contributed by atoms with Gasteiger partial charge in [-0.1, -0.05) is 30.3 Å². The van der Waals surface area contributed by atoms with E-state index >= 15 is 0 Å². The number of hydrogen-bond donors (Lipinski definition) is 0. The first-order valence-electron chi connectivity index (χ1n) is 6.33. The molecular weight excluding hydrogens is 318 g/mol. The van der Waals surface area contributed by atoms with Crippen molar-refractivity contribution in [3.63, 3.8) is 0 Å². The van der Waals surface area contributed by atoms with Crippen LogP contribution in [0.4, 0.5) is 0 Å². The van der Waals surface area contributed by atoms with Gasteiger partial charge in [0.05, 0.1) is 11.4 Å². The van der Waals surface area contributed by atoms with Crippen molar-refractivity contribution in [3.05, 3.63) is 52.5 Å². The third-order valence-electron chi connectivity index (χ3n) is 3.12. The van der Waals surface area contributed by atoms with Gasteiger partial charge in [-0.2, -0.15) is 5.26 Å². The summed E-state index contributed by atoms with van der Waals surface area (Å²) in [7, 11) is -3.58. The maximum absolute atomic E-state index is 11.7. The van der Waals surface area contributed by atoms with Gasteiger partial charge in [0.15, 0.2) is 14.8 Å². The van der Waals surface area contributed by atoms with Crippen LogP contribution in [0, 0.1) is 11.3 Å². The molecular formula is C15H11N3O2S2. The van der Waals surface area contributed by atoms with Crippen LogP contribution in [0.3, 0.4) is 0 Å². The standard InChI is InChI=1S/C15H11N3O2S2/c1-22(19,20)12(10-16)9-13-14(11-5-3-2-4-6-11)17-15-18(13)7-8-21-15/h2-9H,1H3/b12-9+. The smallest absolute Gasteiger partial charge is 0.194 e. The predicted molar refractivity (Wildman–Crippen MR) is 86.9 cm³/mol. The number of nitrogens with zero attached hydrogens (tertiary/aromatic N) is 3. The van der Waals surface area contributed by atoms with Crippen LogP contribution in [0.25, 0.3) is 22.3 Å². The van der Waals surface area contributed by atoms with Gasteiger partial charge >= 0.3 is 0 Å². The Morgan fingerprint density at radius 1 is 1.36 bits per heavy atom. The highest BCUT2D eigenvalue weighted by molar-refractivity contribution is 7.95. The van der Waals surface area contributed by atoms with Gasteiger partial charge in [0, 0.05) is 23.4 Å². The normalized spacial score (nSPS) is 12.5. The lowest BCUT2D eigenvalue weighted by Gasteiger charge is -2.01. The molecule has 2 heterocycles. The number of imidazole rings is 1. The van der Waals surface area contributed by atoms with Crippen LogP contribution in [0.2, 0.25) is 0 Å². The molecule has 0 saturated heterocycles. The molecule has 0 aliphatic rings. The van der Waals surface area contributed by atoms with Crippen molar-refractivity contribution in [3.8, 4) is 17.3 Å². The van der Waals surface area contributed by atoms with Gasteiger partial charge in [-0.25, -0.2) is 13.4 Å². The molecule has 0 aliphatic heterocycles. The molecule has 3 rings (SSSR count). The van der Waals surface area contributed by atoms with E-state index in [0.717, 1.165) is 16.8 Å². The second-order valence-electron chi connectivity index (χ2n) is 4.66. The van der Waals surface area contributed by atoms with Crippen molar-refractivity contribution in [2.24, 2.45) is 0 Å². The Kier molecular flexibility index (Phi) is 3.56. The highest BCUT2D eigenvalue weighted by Crippen LogP contribution is 2.28. The van der Waals surface area contributed by atoms with Crippen molar-refractivity contribution in [1.29, 1.82) is 5.26 Å². The molecule has 0 atom stereocenters. The molecule has 0 saturated carbocycles. The summed E-state index contributed by atoms with van der Waals surface area (Å²) in [5.41, 5.74) is 2.11. The van der Waals surface area contributed by atoms with E-state index < -0.39 is 9.84 Å². The third kappa shape index (κ3) is 2.54. The number of sulfone groups is 1. The van der Waals surface area contributed by atoms with Gasteiger partial charge in [-0.15, -0.1) is 11.3 Å². The maximum atomic E-state index is 11.7. The van der Waals surface area contributed by atoms with Crippen LogP contribution >= 0.6 is 11.3 Å². The maximum Gasteiger partial charge on any atom is 0.194 e. The lowest BCUT2D eigenvalue weighted by Crippen LogP contribution is -1.99. The van der Waals surface area contributed by atoms with Gasteiger partial charge in [-0.05, 0) is 6.08 Å². The van der Waals surface area contributed by atoms with Gasteiger partial charge in [-0.3, -0.25) is 4.40 Å². The van der Waals surface area contributed by atoms with E-state index in [1.54, 1.807) is 10.5 Å². The number of rotatable bonds is 3. The number of nitriles is 1. The lowest BCUT2D eigenvalue weighted by molar-refractivity contribution is 0.609. The minimum absolute atomic E-state index is 0.280. The second kappa shape index (κ2) is 5.40. The molecule has 7 heteroatoms. The summed E-state index contributed by atoms with van der Waals surface area (Å²) in [6.07, 6.45) is 4.21. The third-order valence-corrected chi connectivity index (χ3v) is 4.89.